The van der Waals surface area contributed by atoms with Crippen LogP contribution in [0.1, 0.15) is 35.3 Å². The molecular weight excluding hydrogens is 388 g/mol. The molecule has 0 spiro atoms. The Hall–Kier alpha value is -2.22. The Labute approximate surface area is 175 Å². The number of methoxy groups -OCH3 is 1. The van der Waals surface area contributed by atoms with E-state index < -0.39 is 5.97 Å². The molecule has 0 aliphatic carbocycles. The monoisotopic (exact) mass is 417 g/mol. The number of rotatable bonds is 5. The lowest BCUT2D eigenvalue weighted by Gasteiger charge is -2.31. The molecule has 7 heteroatoms. The topological polar surface area (TPSA) is 69.1 Å². The maximum Gasteiger partial charge on any atom is 0.341 e. The van der Waals surface area contributed by atoms with Crippen LogP contribution in [0.4, 0.5) is 5.00 Å². The van der Waals surface area contributed by atoms with Gasteiger partial charge in [0.1, 0.15) is 35.9 Å². The lowest BCUT2D eigenvalue weighted by atomic mass is 9.99. The summed E-state index contributed by atoms with van der Waals surface area (Å²) >= 11 is 1.35. The standard InChI is InChI=1S/C22H28N2O4S/c1-13-6-7-17(8-14(13)2)18-12-29-21(20(18)22(26)27-5)23-19(25)11-24-9-15(3)28-16(4)10-24/h6-8,12,15-16H,9-11H2,1-5H3,(H,23,25)/p+1/t15-,16-/m0/s1. The van der Waals surface area contributed by atoms with E-state index in [1.807, 2.05) is 38.3 Å². The first kappa shape index (κ1) is 21.5. The van der Waals surface area contributed by atoms with Crippen LogP contribution in [0.3, 0.4) is 0 Å². The number of anilines is 1. The Kier molecular flexibility index (Phi) is 6.72. The number of benzene rings is 1. The van der Waals surface area contributed by atoms with Crippen LogP contribution >= 0.6 is 11.3 Å². The Morgan fingerprint density at radius 3 is 2.52 bits per heavy atom. The van der Waals surface area contributed by atoms with Gasteiger partial charge in [-0.25, -0.2) is 4.79 Å². The number of aryl methyl sites for hydroxylation is 2. The lowest BCUT2D eigenvalue weighted by molar-refractivity contribution is -0.907. The van der Waals surface area contributed by atoms with Gasteiger partial charge in [-0.2, -0.15) is 0 Å². The first-order chi connectivity index (χ1) is 13.8. The molecule has 1 aromatic heterocycles. The molecule has 0 bridgehead atoms. The van der Waals surface area contributed by atoms with E-state index in [0.29, 0.717) is 17.1 Å². The van der Waals surface area contributed by atoms with Crippen molar-refractivity contribution >= 4 is 28.2 Å². The highest BCUT2D eigenvalue weighted by Crippen LogP contribution is 2.36. The molecule has 1 fully saturated rings. The average Bonchev–Trinajstić information content (AvgIpc) is 3.05. The number of carbonyl (C=O) groups is 2. The number of morpholine rings is 1. The molecule has 0 unspecified atom stereocenters. The Morgan fingerprint density at radius 2 is 1.90 bits per heavy atom. The van der Waals surface area contributed by atoms with Crippen molar-refractivity contribution in [2.75, 3.05) is 32.1 Å². The van der Waals surface area contributed by atoms with Gasteiger partial charge in [-0.3, -0.25) is 4.79 Å². The molecule has 156 valence electrons. The third-order valence-electron chi connectivity index (χ3n) is 5.28. The van der Waals surface area contributed by atoms with E-state index in [4.69, 9.17) is 9.47 Å². The number of carbonyl (C=O) groups excluding carboxylic acids is 2. The predicted molar refractivity (Wildman–Crippen MR) is 115 cm³/mol. The van der Waals surface area contributed by atoms with Gasteiger partial charge in [-0.15, -0.1) is 11.3 Å². The van der Waals surface area contributed by atoms with Crippen LogP contribution in [0.5, 0.6) is 0 Å². The van der Waals surface area contributed by atoms with Crippen molar-refractivity contribution < 1.29 is 24.0 Å². The molecule has 0 saturated carbocycles. The first-order valence-electron chi connectivity index (χ1n) is 9.84. The van der Waals surface area contributed by atoms with Crippen LogP contribution in [0.15, 0.2) is 23.6 Å². The van der Waals surface area contributed by atoms with Gasteiger partial charge < -0.3 is 19.7 Å². The molecule has 2 N–H and O–H groups in total. The first-order valence-corrected chi connectivity index (χ1v) is 10.7. The third-order valence-corrected chi connectivity index (χ3v) is 6.17. The average molecular weight is 418 g/mol. The van der Waals surface area contributed by atoms with Crippen molar-refractivity contribution in [1.29, 1.82) is 0 Å². The van der Waals surface area contributed by atoms with Gasteiger partial charge in [0.25, 0.3) is 5.91 Å². The lowest BCUT2D eigenvalue weighted by Crippen LogP contribution is -3.16. The van der Waals surface area contributed by atoms with Crippen molar-refractivity contribution in [2.24, 2.45) is 0 Å². The summed E-state index contributed by atoms with van der Waals surface area (Å²) in [6.07, 6.45) is 0.260. The zero-order chi connectivity index (χ0) is 21.1. The summed E-state index contributed by atoms with van der Waals surface area (Å²) in [6, 6.07) is 6.07. The van der Waals surface area contributed by atoms with E-state index in [1.54, 1.807) is 0 Å². The fraction of sp³-hybridized carbons (Fsp3) is 0.455. The van der Waals surface area contributed by atoms with Crippen LogP contribution in [-0.4, -0.2) is 50.8 Å². The van der Waals surface area contributed by atoms with Gasteiger partial charge in [0.15, 0.2) is 6.54 Å². The van der Waals surface area contributed by atoms with Crippen molar-refractivity contribution in [3.63, 3.8) is 0 Å². The number of hydrogen-bond donors (Lipinski definition) is 2. The predicted octanol–water partition coefficient (Wildman–Crippen LogP) is 2.45. The summed E-state index contributed by atoms with van der Waals surface area (Å²) in [6.45, 7) is 10.1. The van der Waals surface area contributed by atoms with Gasteiger partial charge in [-0.05, 0) is 44.4 Å². The second kappa shape index (κ2) is 9.07. The number of esters is 1. The van der Waals surface area contributed by atoms with Crippen LogP contribution in [0, 0.1) is 13.8 Å². The summed E-state index contributed by atoms with van der Waals surface area (Å²) in [5.41, 5.74) is 4.46. The minimum atomic E-state index is -0.448. The van der Waals surface area contributed by atoms with E-state index in [0.717, 1.165) is 29.8 Å². The third kappa shape index (κ3) is 5.04. The van der Waals surface area contributed by atoms with E-state index in [1.165, 1.54) is 28.9 Å². The van der Waals surface area contributed by atoms with E-state index >= 15 is 0 Å². The van der Waals surface area contributed by atoms with E-state index in [-0.39, 0.29) is 18.1 Å². The van der Waals surface area contributed by atoms with E-state index in [9.17, 15) is 9.59 Å². The van der Waals surface area contributed by atoms with Crippen molar-refractivity contribution in [2.45, 2.75) is 39.9 Å². The quantitative estimate of drug-likeness (QED) is 0.734. The molecule has 1 amide bonds. The van der Waals surface area contributed by atoms with Gasteiger partial charge in [0.2, 0.25) is 0 Å². The minimum absolute atomic E-state index is 0.111. The Bertz CT molecular complexity index is 898. The largest absolute Gasteiger partial charge is 0.465 e. The fourth-order valence-electron chi connectivity index (χ4n) is 3.81. The van der Waals surface area contributed by atoms with Crippen molar-refractivity contribution in [3.8, 4) is 11.1 Å². The number of ether oxygens (including phenoxy) is 2. The van der Waals surface area contributed by atoms with Gasteiger partial charge in [0.05, 0.1) is 7.11 Å². The summed E-state index contributed by atoms with van der Waals surface area (Å²) in [5, 5.41) is 5.37. The van der Waals surface area contributed by atoms with Crippen molar-refractivity contribution in [1.82, 2.24) is 0 Å². The number of quaternary nitrogens is 1. The van der Waals surface area contributed by atoms with Gasteiger partial charge in [0, 0.05) is 10.9 Å². The molecule has 6 nitrogen and oxygen atoms in total. The zero-order valence-electron chi connectivity index (χ0n) is 17.6. The molecule has 29 heavy (non-hydrogen) atoms. The molecule has 1 aromatic carbocycles. The highest BCUT2D eigenvalue weighted by atomic mass is 32.1. The van der Waals surface area contributed by atoms with Gasteiger partial charge >= 0.3 is 5.97 Å². The molecule has 1 aliphatic heterocycles. The SMILES string of the molecule is COC(=O)c1c(-c2ccc(C)c(C)c2)csc1NC(=O)C[NH+]1C[C@H](C)O[C@@H](C)C1. The highest BCUT2D eigenvalue weighted by molar-refractivity contribution is 7.15. The van der Waals surface area contributed by atoms with E-state index in [2.05, 4.69) is 18.3 Å². The molecule has 1 saturated heterocycles. The Morgan fingerprint density at radius 1 is 1.21 bits per heavy atom. The molecule has 2 atom stereocenters. The summed E-state index contributed by atoms with van der Waals surface area (Å²) < 4.78 is 10.7. The van der Waals surface area contributed by atoms with Crippen LogP contribution < -0.4 is 10.2 Å². The van der Waals surface area contributed by atoms with Crippen LogP contribution in [-0.2, 0) is 14.3 Å². The second-order valence-corrected chi connectivity index (χ2v) is 8.66. The van der Waals surface area contributed by atoms with Crippen LogP contribution in [0.25, 0.3) is 11.1 Å². The van der Waals surface area contributed by atoms with Crippen molar-refractivity contribution in [3.05, 3.63) is 40.3 Å². The number of thiophene rings is 1. The molecule has 0 radical (unpaired) electrons. The Balaban J connectivity index is 1.82. The molecule has 3 rings (SSSR count). The molecule has 1 aliphatic rings. The number of hydrogen-bond acceptors (Lipinski definition) is 5. The van der Waals surface area contributed by atoms with Gasteiger partial charge in [-0.1, -0.05) is 18.2 Å². The highest BCUT2D eigenvalue weighted by Gasteiger charge is 2.28. The maximum atomic E-state index is 12.7. The fourth-order valence-corrected chi connectivity index (χ4v) is 4.78. The maximum absolute atomic E-state index is 12.7. The summed E-state index contributed by atoms with van der Waals surface area (Å²) in [7, 11) is 1.36. The second-order valence-electron chi connectivity index (χ2n) is 7.78. The molecule has 2 heterocycles. The summed E-state index contributed by atoms with van der Waals surface area (Å²) in [4.78, 5) is 26.4. The van der Waals surface area contributed by atoms with Crippen LogP contribution in [0.2, 0.25) is 0 Å². The minimum Gasteiger partial charge on any atom is -0.465 e. The normalized spacial score (nSPS) is 21.6. The zero-order valence-corrected chi connectivity index (χ0v) is 18.4. The molecule has 2 aromatic rings. The summed E-state index contributed by atoms with van der Waals surface area (Å²) in [5.74, 6) is -0.560. The number of amides is 1. The number of nitrogens with one attached hydrogen (secondary N) is 2. The smallest absolute Gasteiger partial charge is 0.341 e. The molecular formula is C22H29N2O4S+.